The number of ether oxygens (including phenoxy) is 1. The van der Waals surface area contributed by atoms with E-state index < -0.39 is 0 Å². The highest BCUT2D eigenvalue weighted by atomic mass is 16.5. The number of likely N-dealkylation sites (tertiary alicyclic amines) is 1. The highest BCUT2D eigenvalue weighted by molar-refractivity contribution is 5.06. The van der Waals surface area contributed by atoms with Gasteiger partial charge in [0.1, 0.15) is 0 Å². The van der Waals surface area contributed by atoms with Gasteiger partial charge >= 0.3 is 0 Å². The number of nitrogens with one attached hydrogen (secondary N) is 1. The number of fused-ring (bicyclic) bond motifs is 2. The number of rotatable bonds is 5. The average molecular weight is 263 g/mol. The lowest BCUT2D eigenvalue weighted by atomic mass is 10.2. The van der Waals surface area contributed by atoms with Gasteiger partial charge in [0.25, 0.3) is 0 Å². The molecule has 1 saturated carbocycles. The molecule has 3 heterocycles. The first-order valence-electron chi connectivity index (χ1n) is 7.41. The number of hydrogen-bond donors (Lipinski definition) is 1. The normalized spacial score (nSPS) is 30.9. The molecule has 19 heavy (non-hydrogen) atoms. The summed E-state index contributed by atoms with van der Waals surface area (Å²) < 4.78 is 11.3. The van der Waals surface area contributed by atoms with Gasteiger partial charge in [-0.2, -0.15) is 0 Å². The minimum atomic E-state index is 0.442. The van der Waals surface area contributed by atoms with Gasteiger partial charge in [-0.1, -0.05) is 5.16 Å². The molecule has 0 spiro atoms. The Hall–Kier alpha value is -0.910. The van der Waals surface area contributed by atoms with Crippen molar-refractivity contribution in [1.82, 2.24) is 15.4 Å². The van der Waals surface area contributed by atoms with Crippen molar-refractivity contribution in [3.8, 4) is 0 Å². The molecule has 3 fully saturated rings. The molecule has 2 saturated heterocycles. The molecule has 0 amide bonds. The Morgan fingerprint density at radius 2 is 2.00 bits per heavy atom. The van der Waals surface area contributed by atoms with Crippen LogP contribution in [0.2, 0.25) is 0 Å². The van der Waals surface area contributed by atoms with Crippen LogP contribution in [0.4, 0.5) is 0 Å². The van der Waals surface area contributed by atoms with Crippen LogP contribution in [0.15, 0.2) is 10.6 Å². The fraction of sp³-hybridized carbons (Fsp3) is 0.786. The molecule has 1 aromatic heterocycles. The molecule has 0 aromatic carbocycles. The minimum Gasteiger partial charge on any atom is -0.372 e. The highest BCUT2D eigenvalue weighted by Gasteiger charge is 2.33. The molecule has 4 rings (SSSR count). The molecule has 2 atom stereocenters. The summed E-state index contributed by atoms with van der Waals surface area (Å²) in [5.41, 5.74) is 1.03. The predicted octanol–water partition coefficient (Wildman–Crippen LogP) is 1.29. The topological polar surface area (TPSA) is 50.5 Å². The molecule has 1 aromatic rings. The van der Waals surface area contributed by atoms with Crippen molar-refractivity contribution in [2.45, 2.75) is 57.0 Å². The first kappa shape index (κ1) is 11.9. The number of hydrogen-bond acceptors (Lipinski definition) is 5. The summed E-state index contributed by atoms with van der Waals surface area (Å²) in [4.78, 5) is 2.43. The van der Waals surface area contributed by atoms with Gasteiger partial charge in [-0.15, -0.1) is 0 Å². The monoisotopic (exact) mass is 263 g/mol. The maximum atomic E-state index is 5.84. The van der Waals surface area contributed by atoms with Crippen LogP contribution in [-0.4, -0.2) is 41.4 Å². The van der Waals surface area contributed by atoms with Crippen molar-refractivity contribution >= 4 is 0 Å². The lowest BCUT2D eigenvalue weighted by molar-refractivity contribution is -0.0431. The second-order valence-electron chi connectivity index (χ2n) is 6.09. The van der Waals surface area contributed by atoms with Crippen LogP contribution >= 0.6 is 0 Å². The number of aromatic nitrogens is 1. The van der Waals surface area contributed by atoms with Crippen LogP contribution in [0.1, 0.15) is 37.1 Å². The van der Waals surface area contributed by atoms with Crippen LogP contribution in [0.3, 0.4) is 0 Å². The van der Waals surface area contributed by atoms with Crippen molar-refractivity contribution in [3.63, 3.8) is 0 Å². The Kier molecular flexibility index (Phi) is 3.06. The second-order valence-corrected chi connectivity index (χ2v) is 6.09. The summed E-state index contributed by atoms with van der Waals surface area (Å²) >= 11 is 0. The zero-order valence-corrected chi connectivity index (χ0v) is 11.2. The van der Waals surface area contributed by atoms with E-state index in [0.29, 0.717) is 12.2 Å². The molecule has 5 heteroatoms. The first-order valence-corrected chi connectivity index (χ1v) is 7.41. The van der Waals surface area contributed by atoms with E-state index in [1.165, 1.54) is 25.7 Å². The minimum absolute atomic E-state index is 0.442. The predicted molar refractivity (Wildman–Crippen MR) is 69.5 cm³/mol. The molecule has 3 aliphatic rings. The third-order valence-corrected chi connectivity index (χ3v) is 4.26. The summed E-state index contributed by atoms with van der Waals surface area (Å²) in [6.07, 6.45) is 5.93. The molecule has 5 nitrogen and oxygen atoms in total. The number of nitrogens with zero attached hydrogens (tertiary/aromatic N) is 2. The summed E-state index contributed by atoms with van der Waals surface area (Å²) in [6, 6.07) is 2.81. The lowest BCUT2D eigenvalue weighted by Gasteiger charge is -2.31. The van der Waals surface area contributed by atoms with Gasteiger partial charge < -0.3 is 14.6 Å². The van der Waals surface area contributed by atoms with E-state index in [2.05, 4.69) is 21.4 Å². The van der Waals surface area contributed by atoms with E-state index in [4.69, 9.17) is 9.26 Å². The van der Waals surface area contributed by atoms with E-state index in [9.17, 15) is 0 Å². The first-order chi connectivity index (χ1) is 9.35. The number of morpholine rings is 1. The van der Waals surface area contributed by atoms with E-state index in [-0.39, 0.29) is 0 Å². The van der Waals surface area contributed by atoms with Gasteiger partial charge in [0.2, 0.25) is 0 Å². The van der Waals surface area contributed by atoms with Gasteiger partial charge in [-0.25, -0.2) is 0 Å². The smallest absolute Gasteiger partial charge is 0.151 e. The van der Waals surface area contributed by atoms with Crippen molar-refractivity contribution < 1.29 is 9.26 Å². The summed E-state index contributed by atoms with van der Waals surface area (Å²) in [5, 5.41) is 7.60. The van der Waals surface area contributed by atoms with Gasteiger partial charge in [0.15, 0.2) is 5.76 Å². The molecular formula is C14H21N3O2. The third kappa shape index (κ3) is 2.83. The second kappa shape index (κ2) is 4.89. The van der Waals surface area contributed by atoms with Gasteiger partial charge in [-0.05, 0) is 25.7 Å². The zero-order chi connectivity index (χ0) is 12.7. The summed E-state index contributed by atoms with van der Waals surface area (Å²) in [5.74, 6) is 0.980. The van der Waals surface area contributed by atoms with Crippen molar-refractivity contribution in [2.75, 3.05) is 13.1 Å². The Labute approximate surface area is 113 Å². The molecule has 2 unspecified atom stereocenters. The standard InChI is InChI=1S/C14H21N3O2/c1-2-10(1)15-6-11-5-14(19-16-11)9-17-7-12-3-4-13(8-17)18-12/h5,10,12-13,15H,1-4,6-9H2. The van der Waals surface area contributed by atoms with Gasteiger partial charge in [0.05, 0.1) is 24.4 Å². The maximum absolute atomic E-state index is 5.84. The fourth-order valence-corrected chi connectivity index (χ4v) is 3.10. The average Bonchev–Trinajstić information content (AvgIpc) is 3.04. The maximum Gasteiger partial charge on any atom is 0.151 e. The lowest BCUT2D eigenvalue weighted by Crippen LogP contribution is -2.41. The molecule has 1 aliphatic carbocycles. The van der Waals surface area contributed by atoms with Crippen molar-refractivity contribution in [3.05, 3.63) is 17.5 Å². The van der Waals surface area contributed by atoms with E-state index in [0.717, 1.165) is 43.7 Å². The zero-order valence-electron chi connectivity index (χ0n) is 11.2. The van der Waals surface area contributed by atoms with Crippen molar-refractivity contribution in [2.24, 2.45) is 0 Å². The quantitative estimate of drug-likeness (QED) is 0.867. The highest BCUT2D eigenvalue weighted by Crippen LogP contribution is 2.27. The Morgan fingerprint density at radius 3 is 2.74 bits per heavy atom. The molecular weight excluding hydrogens is 242 g/mol. The molecule has 0 radical (unpaired) electrons. The summed E-state index contributed by atoms with van der Waals surface area (Å²) in [6.45, 7) is 3.77. The molecule has 104 valence electrons. The van der Waals surface area contributed by atoms with Gasteiger partial charge in [-0.3, -0.25) is 4.90 Å². The molecule has 2 aliphatic heterocycles. The Bertz CT molecular complexity index is 432. The summed E-state index contributed by atoms with van der Waals surface area (Å²) in [7, 11) is 0. The molecule has 2 bridgehead atoms. The van der Waals surface area contributed by atoms with Crippen LogP contribution in [0, 0.1) is 0 Å². The third-order valence-electron chi connectivity index (χ3n) is 4.26. The van der Waals surface area contributed by atoms with Crippen LogP contribution < -0.4 is 5.32 Å². The van der Waals surface area contributed by atoms with Crippen LogP contribution in [-0.2, 0) is 17.8 Å². The fourth-order valence-electron chi connectivity index (χ4n) is 3.10. The van der Waals surface area contributed by atoms with E-state index in [1.807, 2.05) is 0 Å². The van der Waals surface area contributed by atoms with Crippen LogP contribution in [0.25, 0.3) is 0 Å². The molecule has 1 N–H and O–H groups in total. The van der Waals surface area contributed by atoms with E-state index in [1.54, 1.807) is 0 Å². The largest absolute Gasteiger partial charge is 0.372 e. The van der Waals surface area contributed by atoms with Crippen LogP contribution in [0.5, 0.6) is 0 Å². The SMILES string of the molecule is c1c(CNC2CC2)noc1CN1CC2CCC(C1)O2. The Balaban J connectivity index is 1.32. The van der Waals surface area contributed by atoms with Gasteiger partial charge in [0, 0.05) is 31.7 Å². The Morgan fingerprint density at radius 1 is 1.21 bits per heavy atom. The van der Waals surface area contributed by atoms with Crippen molar-refractivity contribution in [1.29, 1.82) is 0 Å². The van der Waals surface area contributed by atoms with E-state index >= 15 is 0 Å².